The lowest BCUT2D eigenvalue weighted by atomic mass is 10.0. The van der Waals surface area contributed by atoms with E-state index >= 15 is 0 Å². The van der Waals surface area contributed by atoms with Crippen molar-refractivity contribution in [2.24, 2.45) is 0 Å². The predicted octanol–water partition coefficient (Wildman–Crippen LogP) is 4.87. The molecule has 2 amide bonds. The largest absolute Gasteiger partial charge is 0.494 e. The van der Waals surface area contributed by atoms with Gasteiger partial charge < -0.3 is 25.3 Å². The maximum Gasteiger partial charge on any atom is 0.255 e. The maximum absolute atomic E-state index is 12.6. The molecule has 0 aliphatic carbocycles. The molecule has 0 radical (unpaired) electrons. The van der Waals surface area contributed by atoms with E-state index in [1.807, 2.05) is 36.1 Å². The number of fused-ring (bicyclic) bond motifs is 1. The summed E-state index contributed by atoms with van der Waals surface area (Å²) in [7, 11) is 1.60. The number of benzene rings is 1. The number of nitrogens with one attached hydrogen (secondary N) is 3. The van der Waals surface area contributed by atoms with Crippen molar-refractivity contribution in [1.82, 2.24) is 20.2 Å². The van der Waals surface area contributed by atoms with Gasteiger partial charge >= 0.3 is 0 Å². The van der Waals surface area contributed by atoms with Crippen LogP contribution >= 0.6 is 11.6 Å². The monoisotopic (exact) mass is 507 g/mol. The van der Waals surface area contributed by atoms with Crippen molar-refractivity contribution in [2.45, 2.75) is 26.2 Å². The summed E-state index contributed by atoms with van der Waals surface area (Å²) in [6.45, 7) is 7.80. The molecule has 9 heteroatoms. The van der Waals surface area contributed by atoms with Gasteiger partial charge in [-0.25, -0.2) is 0 Å². The smallest absolute Gasteiger partial charge is 0.255 e. The van der Waals surface area contributed by atoms with Gasteiger partial charge in [0.15, 0.2) is 0 Å². The fourth-order valence-corrected chi connectivity index (χ4v) is 4.57. The van der Waals surface area contributed by atoms with Crippen molar-refractivity contribution < 1.29 is 14.3 Å². The van der Waals surface area contributed by atoms with Crippen LogP contribution in [0.2, 0.25) is 5.02 Å². The first-order valence-electron chi connectivity index (χ1n) is 11.9. The molecule has 0 spiro atoms. The van der Waals surface area contributed by atoms with Gasteiger partial charge in [-0.1, -0.05) is 24.2 Å². The molecule has 8 nitrogen and oxygen atoms in total. The Hall–Kier alpha value is -3.78. The van der Waals surface area contributed by atoms with Gasteiger partial charge in [-0.05, 0) is 49.6 Å². The van der Waals surface area contributed by atoms with Gasteiger partial charge in [0.1, 0.15) is 5.75 Å². The number of aromatic nitrogens is 2. The van der Waals surface area contributed by atoms with E-state index in [1.54, 1.807) is 19.5 Å². The van der Waals surface area contributed by atoms with Crippen LogP contribution in [0.5, 0.6) is 5.75 Å². The van der Waals surface area contributed by atoms with E-state index in [2.05, 4.69) is 27.2 Å². The van der Waals surface area contributed by atoms with Crippen LogP contribution in [0.15, 0.2) is 49.3 Å². The van der Waals surface area contributed by atoms with Crippen molar-refractivity contribution in [2.75, 3.05) is 32.1 Å². The van der Waals surface area contributed by atoms with E-state index in [1.165, 1.54) is 6.08 Å². The summed E-state index contributed by atoms with van der Waals surface area (Å²) in [5.41, 5.74) is 5.60. The topological polar surface area (TPSA) is 99.3 Å². The van der Waals surface area contributed by atoms with Crippen molar-refractivity contribution >= 4 is 34.8 Å². The van der Waals surface area contributed by atoms with Crippen LogP contribution in [-0.2, 0) is 11.2 Å². The first kappa shape index (κ1) is 25.3. The van der Waals surface area contributed by atoms with Crippen LogP contribution < -0.4 is 15.4 Å². The second-order valence-electron chi connectivity index (χ2n) is 8.58. The van der Waals surface area contributed by atoms with Gasteiger partial charge in [0, 0.05) is 54.2 Å². The number of hydrogen-bond acceptors (Lipinski definition) is 5. The number of anilines is 2. The quantitative estimate of drug-likeness (QED) is 0.428. The molecule has 0 bridgehead atoms. The minimum atomic E-state index is -0.103. The summed E-state index contributed by atoms with van der Waals surface area (Å²) in [4.78, 5) is 32.8. The SMILES string of the molecule is C=CC(=O)N1CCCC1.COc1cnccc1-c1[nH]c2c(c1Nc1cccc(Cl)c1C)C(=O)NCC2. The van der Waals surface area contributed by atoms with Crippen LogP contribution in [0.1, 0.15) is 34.5 Å². The molecule has 4 heterocycles. The third-order valence-corrected chi connectivity index (χ3v) is 6.77. The molecule has 0 atom stereocenters. The molecule has 36 heavy (non-hydrogen) atoms. The summed E-state index contributed by atoms with van der Waals surface area (Å²) in [6.07, 6.45) is 7.78. The Morgan fingerprint density at radius 1 is 1.28 bits per heavy atom. The average Bonchev–Trinajstić information content (AvgIpc) is 3.56. The summed E-state index contributed by atoms with van der Waals surface area (Å²) < 4.78 is 5.47. The number of H-pyrrole nitrogens is 1. The molecule has 1 saturated heterocycles. The van der Waals surface area contributed by atoms with E-state index in [0.29, 0.717) is 28.6 Å². The van der Waals surface area contributed by atoms with Crippen molar-refractivity contribution in [3.8, 4) is 17.0 Å². The zero-order valence-electron chi connectivity index (χ0n) is 20.5. The molecule has 0 unspecified atom stereocenters. The summed E-state index contributed by atoms with van der Waals surface area (Å²) in [6, 6.07) is 7.52. The standard InChI is InChI=1S/C20H19ClN4O2.C7H11NO/c1-11-13(21)4-3-5-14(11)24-19-17-15(7-9-23-20(17)26)25-18(19)12-6-8-22-10-16(12)27-2;1-2-7(9)8-5-3-4-6-8/h3-6,8,10,24-25H,7,9H2,1-2H3,(H,23,26);2H,1,3-6H2. The molecule has 3 N–H and O–H groups in total. The fourth-order valence-electron chi connectivity index (χ4n) is 4.40. The van der Waals surface area contributed by atoms with Crippen molar-refractivity contribution in [3.63, 3.8) is 0 Å². The Morgan fingerprint density at radius 2 is 2.06 bits per heavy atom. The van der Waals surface area contributed by atoms with Crippen LogP contribution in [0.3, 0.4) is 0 Å². The number of carbonyl (C=O) groups is 2. The highest BCUT2D eigenvalue weighted by molar-refractivity contribution is 6.31. The minimum absolute atomic E-state index is 0.0764. The highest BCUT2D eigenvalue weighted by atomic mass is 35.5. The summed E-state index contributed by atoms with van der Waals surface area (Å²) in [5.74, 6) is 0.601. The normalized spacial score (nSPS) is 14.3. The molecular formula is C27H30ClN5O3. The third-order valence-electron chi connectivity index (χ3n) is 6.36. The molecule has 2 aromatic heterocycles. The van der Waals surface area contributed by atoms with E-state index < -0.39 is 0 Å². The maximum atomic E-state index is 12.6. The van der Waals surface area contributed by atoms with E-state index in [9.17, 15) is 9.59 Å². The highest BCUT2D eigenvalue weighted by Gasteiger charge is 2.28. The van der Waals surface area contributed by atoms with Gasteiger partial charge in [-0.2, -0.15) is 0 Å². The minimum Gasteiger partial charge on any atom is -0.494 e. The Bertz CT molecular complexity index is 1280. The number of hydrogen-bond donors (Lipinski definition) is 3. The fraction of sp³-hybridized carbons (Fsp3) is 0.296. The highest BCUT2D eigenvalue weighted by Crippen LogP contribution is 2.40. The molecule has 5 rings (SSSR count). The molecule has 2 aliphatic heterocycles. The Balaban J connectivity index is 0.000000286. The first-order valence-corrected chi connectivity index (χ1v) is 12.3. The number of nitrogens with zero attached hydrogens (tertiary/aromatic N) is 2. The molecule has 188 valence electrons. The summed E-state index contributed by atoms with van der Waals surface area (Å²) >= 11 is 6.28. The van der Waals surface area contributed by atoms with Crippen molar-refractivity contribution in [3.05, 3.63) is 71.2 Å². The second-order valence-corrected chi connectivity index (χ2v) is 8.99. The first-order chi connectivity index (χ1) is 17.4. The Kier molecular flexibility index (Phi) is 7.95. The molecular weight excluding hydrogens is 478 g/mol. The van der Waals surface area contributed by atoms with Crippen LogP contribution in [-0.4, -0.2) is 53.4 Å². The molecule has 2 aliphatic rings. The number of pyridine rings is 1. The lowest BCUT2D eigenvalue weighted by molar-refractivity contribution is -0.124. The number of halogens is 1. The van der Waals surface area contributed by atoms with Gasteiger partial charge in [0.2, 0.25) is 5.91 Å². The number of likely N-dealkylation sites (tertiary alicyclic amines) is 1. The van der Waals surface area contributed by atoms with E-state index in [4.69, 9.17) is 16.3 Å². The van der Waals surface area contributed by atoms with E-state index in [-0.39, 0.29) is 11.8 Å². The second kappa shape index (κ2) is 11.3. The Morgan fingerprint density at radius 3 is 2.78 bits per heavy atom. The number of methoxy groups -OCH3 is 1. The number of ether oxygens (including phenoxy) is 1. The number of rotatable bonds is 5. The predicted molar refractivity (Wildman–Crippen MR) is 142 cm³/mol. The molecule has 1 aromatic carbocycles. The van der Waals surface area contributed by atoms with Gasteiger partial charge in [0.25, 0.3) is 5.91 Å². The van der Waals surface area contributed by atoms with Crippen LogP contribution in [0.25, 0.3) is 11.3 Å². The Labute approximate surface area is 215 Å². The average molecular weight is 508 g/mol. The number of amides is 2. The molecule has 3 aromatic rings. The number of aromatic amines is 1. The zero-order valence-corrected chi connectivity index (χ0v) is 21.2. The van der Waals surface area contributed by atoms with Gasteiger partial charge in [0.05, 0.1) is 30.3 Å². The molecule has 0 saturated carbocycles. The zero-order chi connectivity index (χ0) is 25.7. The lowest BCUT2D eigenvalue weighted by Crippen LogP contribution is -2.31. The third kappa shape index (κ3) is 5.23. The van der Waals surface area contributed by atoms with Gasteiger partial charge in [-0.15, -0.1) is 0 Å². The van der Waals surface area contributed by atoms with E-state index in [0.717, 1.165) is 60.6 Å². The van der Waals surface area contributed by atoms with Crippen molar-refractivity contribution in [1.29, 1.82) is 0 Å². The van der Waals surface area contributed by atoms with Crippen LogP contribution in [0, 0.1) is 6.92 Å². The summed E-state index contributed by atoms with van der Waals surface area (Å²) in [5, 5.41) is 7.00. The van der Waals surface area contributed by atoms with Crippen LogP contribution in [0.4, 0.5) is 11.4 Å². The van der Waals surface area contributed by atoms with Gasteiger partial charge in [-0.3, -0.25) is 14.6 Å². The lowest BCUT2D eigenvalue weighted by Gasteiger charge is -2.16. The number of carbonyl (C=O) groups excluding carboxylic acids is 2. The molecule has 1 fully saturated rings.